The summed E-state index contributed by atoms with van der Waals surface area (Å²) in [5.74, 6) is 0.00547. The van der Waals surface area contributed by atoms with E-state index in [-0.39, 0.29) is 18.2 Å². The number of ether oxygens (including phenoxy) is 1. The normalized spacial score (nSPS) is 14.2. The van der Waals surface area contributed by atoms with Crippen LogP contribution in [0.15, 0.2) is 42.5 Å². The molecule has 0 heterocycles. The molecule has 0 radical (unpaired) electrons. The molecule has 0 aliphatic heterocycles. The molecule has 2 nitrogen and oxygen atoms in total. The van der Waals surface area contributed by atoms with Crippen LogP contribution in [0, 0.1) is 11.6 Å². The van der Waals surface area contributed by atoms with E-state index in [0.717, 1.165) is 5.56 Å². The fraction of sp³-hybridized carbons (Fsp3) is 0.294. The molecule has 21 heavy (non-hydrogen) atoms. The zero-order chi connectivity index (χ0) is 14.7. The van der Waals surface area contributed by atoms with Gasteiger partial charge >= 0.3 is 0 Å². The third kappa shape index (κ3) is 3.79. The molecule has 1 saturated carbocycles. The van der Waals surface area contributed by atoms with Gasteiger partial charge in [-0.2, -0.15) is 0 Å². The van der Waals surface area contributed by atoms with Gasteiger partial charge in [-0.25, -0.2) is 8.78 Å². The first-order valence-corrected chi connectivity index (χ1v) is 7.10. The molecule has 0 atom stereocenters. The zero-order valence-electron chi connectivity index (χ0n) is 11.6. The molecule has 3 rings (SSSR count). The summed E-state index contributed by atoms with van der Waals surface area (Å²) in [5.41, 5.74) is 1.25. The van der Waals surface area contributed by atoms with Crippen molar-refractivity contribution >= 4 is 0 Å². The largest absolute Gasteiger partial charge is 0.488 e. The SMILES string of the molecule is Fc1ccc(OCc2ccccc2F)c(CNC2CC2)c1. The first-order valence-electron chi connectivity index (χ1n) is 7.10. The lowest BCUT2D eigenvalue weighted by Crippen LogP contribution is -2.16. The van der Waals surface area contributed by atoms with Gasteiger partial charge in [0, 0.05) is 23.7 Å². The Bertz CT molecular complexity index is 626. The monoisotopic (exact) mass is 289 g/mol. The van der Waals surface area contributed by atoms with Crippen LogP contribution in [-0.4, -0.2) is 6.04 Å². The van der Waals surface area contributed by atoms with Crippen molar-refractivity contribution in [1.29, 1.82) is 0 Å². The van der Waals surface area contributed by atoms with Crippen LogP contribution in [-0.2, 0) is 13.2 Å². The molecule has 110 valence electrons. The van der Waals surface area contributed by atoms with Crippen LogP contribution in [0.3, 0.4) is 0 Å². The van der Waals surface area contributed by atoms with E-state index >= 15 is 0 Å². The molecular weight excluding hydrogens is 272 g/mol. The number of hydrogen-bond donors (Lipinski definition) is 1. The van der Waals surface area contributed by atoms with Gasteiger partial charge in [0.1, 0.15) is 24.0 Å². The summed E-state index contributed by atoms with van der Waals surface area (Å²) in [6.45, 7) is 0.698. The van der Waals surface area contributed by atoms with E-state index in [1.807, 2.05) is 0 Å². The quantitative estimate of drug-likeness (QED) is 0.873. The maximum Gasteiger partial charge on any atom is 0.129 e. The highest BCUT2D eigenvalue weighted by Gasteiger charge is 2.20. The van der Waals surface area contributed by atoms with Crippen molar-refractivity contribution in [2.45, 2.75) is 32.0 Å². The molecule has 0 unspecified atom stereocenters. The molecule has 0 amide bonds. The average Bonchev–Trinajstić information content (AvgIpc) is 3.30. The molecule has 0 aromatic heterocycles. The smallest absolute Gasteiger partial charge is 0.129 e. The minimum Gasteiger partial charge on any atom is -0.488 e. The maximum atomic E-state index is 13.6. The van der Waals surface area contributed by atoms with Gasteiger partial charge in [0.2, 0.25) is 0 Å². The molecule has 2 aromatic carbocycles. The van der Waals surface area contributed by atoms with E-state index < -0.39 is 0 Å². The summed E-state index contributed by atoms with van der Waals surface area (Å²) in [5, 5.41) is 3.33. The highest BCUT2D eigenvalue weighted by atomic mass is 19.1. The van der Waals surface area contributed by atoms with Crippen LogP contribution in [0.5, 0.6) is 5.75 Å². The van der Waals surface area contributed by atoms with Crippen LogP contribution < -0.4 is 10.1 Å². The molecule has 0 bridgehead atoms. The maximum absolute atomic E-state index is 13.6. The second kappa shape index (κ2) is 6.22. The van der Waals surface area contributed by atoms with Gasteiger partial charge in [0.05, 0.1) is 0 Å². The highest BCUT2D eigenvalue weighted by Crippen LogP contribution is 2.24. The van der Waals surface area contributed by atoms with Gasteiger partial charge in [0.25, 0.3) is 0 Å². The van der Waals surface area contributed by atoms with E-state index in [1.54, 1.807) is 24.3 Å². The Hall–Kier alpha value is -1.94. The van der Waals surface area contributed by atoms with Gasteiger partial charge in [-0.1, -0.05) is 18.2 Å². The minimum absolute atomic E-state index is 0.134. The van der Waals surface area contributed by atoms with Gasteiger partial charge in [-0.05, 0) is 37.1 Å². The van der Waals surface area contributed by atoms with Crippen molar-refractivity contribution in [3.05, 3.63) is 65.2 Å². The summed E-state index contributed by atoms with van der Waals surface area (Å²) in [4.78, 5) is 0. The van der Waals surface area contributed by atoms with Gasteiger partial charge < -0.3 is 10.1 Å². The van der Waals surface area contributed by atoms with Crippen molar-refractivity contribution in [3.8, 4) is 5.75 Å². The Morgan fingerprint density at radius 3 is 2.62 bits per heavy atom. The summed E-state index contributed by atoms with van der Waals surface area (Å²) in [6.07, 6.45) is 2.33. The van der Waals surface area contributed by atoms with E-state index in [2.05, 4.69) is 5.32 Å². The molecule has 1 aliphatic carbocycles. The first kappa shape index (κ1) is 14.0. The fourth-order valence-electron chi connectivity index (χ4n) is 2.14. The molecule has 2 aromatic rings. The average molecular weight is 289 g/mol. The number of benzene rings is 2. The Morgan fingerprint density at radius 2 is 1.86 bits per heavy atom. The molecular formula is C17H17F2NO. The molecule has 0 saturated heterocycles. The van der Waals surface area contributed by atoms with Crippen LogP contribution >= 0.6 is 0 Å². The van der Waals surface area contributed by atoms with Crippen LogP contribution in [0.2, 0.25) is 0 Å². The van der Waals surface area contributed by atoms with Gasteiger partial charge in [-0.3, -0.25) is 0 Å². The van der Waals surface area contributed by atoms with E-state index in [9.17, 15) is 8.78 Å². The Kier molecular flexibility index (Phi) is 4.15. The number of halogens is 2. The fourth-order valence-corrected chi connectivity index (χ4v) is 2.14. The first-order chi connectivity index (χ1) is 10.2. The second-order valence-corrected chi connectivity index (χ2v) is 5.29. The lowest BCUT2D eigenvalue weighted by atomic mass is 10.2. The van der Waals surface area contributed by atoms with Gasteiger partial charge in [0.15, 0.2) is 0 Å². The van der Waals surface area contributed by atoms with E-state index in [0.29, 0.717) is 23.9 Å². The van der Waals surface area contributed by atoms with Crippen LogP contribution in [0.25, 0.3) is 0 Å². The minimum atomic E-state index is -0.294. The molecule has 1 fully saturated rings. The number of nitrogens with one attached hydrogen (secondary N) is 1. The topological polar surface area (TPSA) is 21.3 Å². The molecule has 4 heteroatoms. The van der Waals surface area contributed by atoms with Crippen LogP contribution in [0.4, 0.5) is 8.78 Å². The van der Waals surface area contributed by atoms with Crippen LogP contribution in [0.1, 0.15) is 24.0 Å². The second-order valence-electron chi connectivity index (χ2n) is 5.29. The van der Waals surface area contributed by atoms with E-state index in [1.165, 1.54) is 31.0 Å². The summed E-state index contributed by atoms with van der Waals surface area (Å²) in [7, 11) is 0. The van der Waals surface area contributed by atoms with Crippen molar-refractivity contribution in [3.63, 3.8) is 0 Å². The molecule has 0 spiro atoms. The standard InChI is InChI=1S/C17H17F2NO/c18-14-5-8-17(13(9-14)10-20-15-6-7-15)21-11-12-3-1-2-4-16(12)19/h1-5,8-9,15,20H,6-7,10-11H2. The molecule has 1 aliphatic rings. The Morgan fingerprint density at radius 1 is 1.05 bits per heavy atom. The van der Waals surface area contributed by atoms with E-state index in [4.69, 9.17) is 4.74 Å². The summed E-state index contributed by atoms with van der Waals surface area (Å²) < 4.78 is 32.6. The Balaban J connectivity index is 1.70. The zero-order valence-corrected chi connectivity index (χ0v) is 11.6. The lowest BCUT2D eigenvalue weighted by Gasteiger charge is -2.13. The van der Waals surface area contributed by atoms with Crippen molar-refractivity contribution in [1.82, 2.24) is 5.32 Å². The predicted octanol–water partition coefficient (Wildman–Crippen LogP) is 3.80. The number of hydrogen-bond acceptors (Lipinski definition) is 2. The van der Waals surface area contributed by atoms with Crippen molar-refractivity contribution < 1.29 is 13.5 Å². The third-order valence-corrected chi connectivity index (χ3v) is 3.52. The summed E-state index contributed by atoms with van der Waals surface area (Å²) >= 11 is 0. The third-order valence-electron chi connectivity index (χ3n) is 3.52. The van der Waals surface area contributed by atoms with Crippen molar-refractivity contribution in [2.24, 2.45) is 0 Å². The predicted molar refractivity (Wildman–Crippen MR) is 77.0 cm³/mol. The van der Waals surface area contributed by atoms with Crippen molar-refractivity contribution in [2.75, 3.05) is 0 Å². The lowest BCUT2D eigenvalue weighted by molar-refractivity contribution is 0.295. The number of rotatable bonds is 6. The molecule has 1 N–H and O–H groups in total. The Labute approximate surface area is 122 Å². The van der Waals surface area contributed by atoms with Gasteiger partial charge in [-0.15, -0.1) is 0 Å². The summed E-state index contributed by atoms with van der Waals surface area (Å²) in [6, 6.07) is 11.4. The highest BCUT2D eigenvalue weighted by molar-refractivity contribution is 5.34.